The molecule has 0 bridgehead atoms. The number of hydrogen-bond acceptors (Lipinski definition) is 4. The minimum atomic E-state index is -4.44. The van der Waals surface area contributed by atoms with Gasteiger partial charge in [-0.15, -0.1) is 0 Å². The smallest absolute Gasteiger partial charge is 0.335 e. The first kappa shape index (κ1) is 24.8. The number of carbonyl (C=O) groups is 1. The van der Waals surface area contributed by atoms with Crippen molar-refractivity contribution in [3.05, 3.63) is 77.1 Å². The van der Waals surface area contributed by atoms with Crippen molar-refractivity contribution >= 4 is 5.91 Å². The second kappa shape index (κ2) is 10.1. The number of hydrogen-bond donors (Lipinski definition) is 0. The highest BCUT2D eigenvalue weighted by molar-refractivity contribution is 6.00. The van der Waals surface area contributed by atoms with E-state index in [0.29, 0.717) is 36.2 Å². The molecule has 0 radical (unpaired) electrons. The van der Waals surface area contributed by atoms with E-state index in [0.717, 1.165) is 25.1 Å². The average Bonchev–Trinajstić information content (AvgIpc) is 2.82. The van der Waals surface area contributed by atoms with Crippen molar-refractivity contribution in [2.75, 3.05) is 6.54 Å². The predicted molar refractivity (Wildman–Crippen MR) is 123 cm³/mol. The minimum absolute atomic E-state index is 0.0615. The van der Waals surface area contributed by atoms with Gasteiger partial charge in [-0.3, -0.25) is 9.78 Å². The highest BCUT2D eigenvalue weighted by Crippen LogP contribution is 2.33. The summed E-state index contributed by atoms with van der Waals surface area (Å²) in [4.78, 5) is 27.8. The van der Waals surface area contributed by atoms with Gasteiger partial charge >= 0.3 is 6.18 Å². The summed E-state index contributed by atoms with van der Waals surface area (Å²) in [6.07, 6.45) is 2.07. The molecular formula is C26H26F4N4O. The number of likely N-dealkylation sites (tertiary alicyclic amines) is 1. The Kier molecular flexibility index (Phi) is 7.14. The molecule has 5 nitrogen and oxygen atoms in total. The van der Waals surface area contributed by atoms with Gasteiger partial charge in [0.05, 0.1) is 11.1 Å². The molecule has 0 aliphatic carbocycles. The fourth-order valence-electron chi connectivity index (χ4n) is 4.70. The largest absolute Gasteiger partial charge is 0.417 e. The molecule has 3 heterocycles. The van der Waals surface area contributed by atoms with Crippen LogP contribution in [0.4, 0.5) is 17.6 Å². The third-order valence-electron chi connectivity index (χ3n) is 6.48. The number of benzene rings is 1. The Labute approximate surface area is 201 Å². The summed E-state index contributed by atoms with van der Waals surface area (Å²) in [5.41, 5.74) is 0.652. The topological polar surface area (TPSA) is 59.0 Å². The van der Waals surface area contributed by atoms with Gasteiger partial charge in [0.2, 0.25) is 0 Å². The summed E-state index contributed by atoms with van der Waals surface area (Å²) >= 11 is 0. The van der Waals surface area contributed by atoms with Crippen molar-refractivity contribution < 1.29 is 22.4 Å². The minimum Gasteiger partial charge on any atom is -0.335 e. The van der Waals surface area contributed by atoms with Crippen LogP contribution >= 0.6 is 0 Å². The number of nitrogens with zero attached hydrogens (tertiary/aromatic N) is 4. The lowest BCUT2D eigenvalue weighted by atomic mass is 9.86. The molecule has 0 spiro atoms. The molecule has 1 aliphatic heterocycles. The first-order chi connectivity index (χ1) is 16.6. The summed E-state index contributed by atoms with van der Waals surface area (Å²) < 4.78 is 53.7. The number of carbonyl (C=O) groups excluding carboxylic acids is 1. The zero-order chi connectivity index (χ0) is 25.2. The molecular weight excluding hydrogens is 460 g/mol. The van der Waals surface area contributed by atoms with E-state index in [4.69, 9.17) is 0 Å². The third-order valence-corrected chi connectivity index (χ3v) is 6.48. The summed E-state index contributed by atoms with van der Waals surface area (Å²) in [6, 6.07) is 6.87. The van der Waals surface area contributed by atoms with Crippen LogP contribution in [0.1, 0.15) is 53.4 Å². The summed E-state index contributed by atoms with van der Waals surface area (Å²) in [5.74, 6) is -0.637. The summed E-state index contributed by atoms with van der Waals surface area (Å²) in [7, 11) is 0. The second-order valence-electron chi connectivity index (χ2n) is 9.00. The van der Waals surface area contributed by atoms with Crippen LogP contribution in [0.15, 0.2) is 48.9 Å². The number of piperidine rings is 1. The predicted octanol–water partition coefficient (Wildman–Crippen LogP) is 5.88. The van der Waals surface area contributed by atoms with E-state index in [9.17, 15) is 18.0 Å². The molecule has 184 valence electrons. The lowest BCUT2D eigenvalue weighted by molar-refractivity contribution is -0.137. The summed E-state index contributed by atoms with van der Waals surface area (Å²) in [6.45, 7) is 4.25. The van der Waals surface area contributed by atoms with Crippen molar-refractivity contribution in [3.8, 4) is 11.4 Å². The zero-order valence-electron chi connectivity index (χ0n) is 19.5. The van der Waals surface area contributed by atoms with Gasteiger partial charge in [-0.05, 0) is 74.4 Å². The first-order valence-electron chi connectivity index (χ1n) is 11.6. The Morgan fingerprint density at radius 3 is 2.54 bits per heavy atom. The van der Waals surface area contributed by atoms with Crippen LogP contribution in [-0.2, 0) is 12.6 Å². The molecule has 35 heavy (non-hydrogen) atoms. The van der Waals surface area contributed by atoms with Gasteiger partial charge in [0.25, 0.3) is 5.91 Å². The molecule has 2 aromatic heterocycles. The van der Waals surface area contributed by atoms with Crippen LogP contribution < -0.4 is 0 Å². The van der Waals surface area contributed by atoms with Gasteiger partial charge in [0.1, 0.15) is 5.82 Å². The van der Waals surface area contributed by atoms with Crippen molar-refractivity contribution in [3.63, 3.8) is 0 Å². The zero-order valence-corrected chi connectivity index (χ0v) is 19.5. The standard InChI is InChI=1S/C26H26F4N4O/c1-16-13-20(24-31-10-4-11-32-24)23(21(27)14-16)25(35)34-12-3-5-17(2)22(34)9-8-19-7-6-18(15-33-19)26(28,29)30/h4,6-7,10-11,13-15,17,22H,3,5,8-9,12H2,1-2H3/t17-,22-/m1/s1. The van der Waals surface area contributed by atoms with Gasteiger partial charge in [-0.25, -0.2) is 14.4 Å². The molecule has 1 aromatic carbocycles. The van der Waals surface area contributed by atoms with Crippen LogP contribution in [0.2, 0.25) is 0 Å². The van der Waals surface area contributed by atoms with Crippen molar-refractivity contribution in [2.24, 2.45) is 5.92 Å². The highest BCUT2D eigenvalue weighted by atomic mass is 19.4. The monoisotopic (exact) mass is 486 g/mol. The molecule has 1 amide bonds. The quantitative estimate of drug-likeness (QED) is 0.423. The molecule has 1 aliphatic rings. The van der Waals surface area contributed by atoms with Crippen LogP contribution in [0.25, 0.3) is 11.4 Å². The van der Waals surface area contributed by atoms with E-state index in [-0.39, 0.29) is 23.3 Å². The number of alkyl halides is 3. The third kappa shape index (κ3) is 5.49. The van der Waals surface area contributed by atoms with Crippen molar-refractivity contribution in [1.82, 2.24) is 19.9 Å². The number of rotatable bonds is 5. The Morgan fingerprint density at radius 1 is 1.14 bits per heavy atom. The second-order valence-corrected chi connectivity index (χ2v) is 9.00. The Balaban J connectivity index is 1.60. The van der Waals surface area contributed by atoms with Crippen molar-refractivity contribution in [2.45, 2.75) is 51.7 Å². The molecule has 9 heteroatoms. The van der Waals surface area contributed by atoms with Gasteiger partial charge in [-0.1, -0.05) is 6.92 Å². The maximum absolute atomic E-state index is 15.2. The van der Waals surface area contributed by atoms with Crippen molar-refractivity contribution in [1.29, 1.82) is 0 Å². The highest BCUT2D eigenvalue weighted by Gasteiger charge is 2.35. The Hall–Kier alpha value is -3.36. The molecule has 0 N–H and O–H groups in total. The Bertz CT molecular complexity index is 1180. The molecule has 0 unspecified atom stereocenters. The van der Waals surface area contributed by atoms with Gasteiger partial charge in [0, 0.05) is 42.4 Å². The van der Waals surface area contributed by atoms with Gasteiger partial charge in [-0.2, -0.15) is 13.2 Å². The van der Waals surface area contributed by atoms with E-state index >= 15 is 4.39 Å². The molecule has 1 saturated heterocycles. The van der Waals surface area contributed by atoms with Gasteiger partial charge < -0.3 is 4.90 Å². The molecule has 4 rings (SSSR count). The Morgan fingerprint density at radius 2 is 1.89 bits per heavy atom. The SMILES string of the molecule is Cc1cc(F)c(C(=O)N2CCC[C@@H](C)[C@H]2CCc2ccc(C(F)(F)F)cn2)c(-c2ncccn2)c1. The molecule has 2 atom stereocenters. The van der Waals surface area contributed by atoms with Crippen LogP contribution in [-0.4, -0.2) is 38.3 Å². The number of aryl methyl sites for hydroxylation is 2. The molecule has 3 aromatic rings. The fourth-order valence-corrected chi connectivity index (χ4v) is 4.70. The normalized spacial score (nSPS) is 18.5. The number of halogens is 4. The number of amides is 1. The van der Waals surface area contributed by atoms with Crippen LogP contribution in [0, 0.1) is 18.7 Å². The maximum atomic E-state index is 15.2. The van der Waals surface area contributed by atoms with Crippen LogP contribution in [0.3, 0.4) is 0 Å². The summed E-state index contributed by atoms with van der Waals surface area (Å²) in [5, 5.41) is 0. The fraction of sp³-hybridized carbons (Fsp3) is 0.385. The lowest BCUT2D eigenvalue weighted by Crippen LogP contribution is -2.48. The van der Waals surface area contributed by atoms with E-state index in [1.807, 2.05) is 6.92 Å². The van der Waals surface area contributed by atoms with Crippen LogP contribution in [0.5, 0.6) is 0 Å². The molecule has 0 saturated carbocycles. The van der Waals surface area contributed by atoms with E-state index in [1.165, 1.54) is 12.1 Å². The van der Waals surface area contributed by atoms with Gasteiger partial charge in [0.15, 0.2) is 5.82 Å². The van der Waals surface area contributed by atoms with E-state index < -0.39 is 23.5 Å². The number of pyridine rings is 1. The maximum Gasteiger partial charge on any atom is 0.417 e. The lowest BCUT2D eigenvalue weighted by Gasteiger charge is -2.40. The number of aromatic nitrogens is 3. The average molecular weight is 487 g/mol. The van der Waals surface area contributed by atoms with E-state index in [1.54, 1.807) is 36.4 Å². The molecule has 1 fully saturated rings. The first-order valence-corrected chi connectivity index (χ1v) is 11.6. The van der Waals surface area contributed by atoms with E-state index in [2.05, 4.69) is 15.0 Å².